The maximum Gasteiger partial charge on any atom is 0.471 e. The fourth-order valence-corrected chi connectivity index (χ4v) is 1.10. The van der Waals surface area contributed by atoms with Crippen LogP contribution in [0.4, 0.5) is 13.2 Å². The first kappa shape index (κ1) is 17.5. The summed E-state index contributed by atoms with van der Waals surface area (Å²) in [5.74, 6) is -3.06. The summed E-state index contributed by atoms with van der Waals surface area (Å²) in [4.78, 5) is 22.5. The molecule has 0 aliphatic rings. The lowest BCUT2D eigenvalue weighted by molar-refractivity contribution is -0.177. The number of ether oxygens (including phenoxy) is 1. The number of halogens is 3. The summed E-state index contributed by atoms with van der Waals surface area (Å²) in [5.41, 5.74) is -0.839. The lowest BCUT2D eigenvalue weighted by atomic mass is 10.1. The Morgan fingerprint density at radius 3 is 2.16 bits per heavy atom. The molecule has 0 bridgehead atoms. The molecule has 0 aromatic heterocycles. The smallest absolute Gasteiger partial charge is 0.458 e. The molecule has 0 aliphatic carbocycles. The molecular weight excluding hydrogens is 263 g/mol. The van der Waals surface area contributed by atoms with Crippen LogP contribution in [-0.4, -0.2) is 29.7 Å². The molecule has 0 heterocycles. The van der Waals surface area contributed by atoms with Crippen molar-refractivity contribution in [3.8, 4) is 0 Å². The van der Waals surface area contributed by atoms with Crippen molar-refractivity contribution < 1.29 is 27.5 Å². The molecule has 7 heteroatoms. The standard InChI is InChI=1S/C12H18F3NO3/c1-5-6-7-8(9(17)19-11(2,3)4)16-10(18)12(13,14)15/h5-6,8H,7H2,1-4H3,(H,16,18)/b6-5-. The van der Waals surface area contributed by atoms with Crippen LogP contribution in [0.1, 0.15) is 34.1 Å². The minimum atomic E-state index is -5.03. The van der Waals surface area contributed by atoms with Crippen LogP contribution in [0.3, 0.4) is 0 Å². The molecule has 0 aromatic rings. The van der Waals surface area contributed by atoms with Crippen LogP contribution in [-0.2, 0) is 14.3 Å². The van der Waals surface area contributed by atoms with E-state index in [0.29, 0.717) is 0 Å². The van der Waals surface area contributed by atoms with Crippen molar-refractivity contribution in [2.45, 2.75) is 51.9 Å². The molecular formula is C12H18F3NO3. The topological polar surface area (TPSA) is 55.4 Å². The number of carbonyl (C=O) groups excluding carboxylic acids is 2. The average Bonchev–Trinajstić information content (AvgIpc) is 2.19. The highest BCUT2D eigenvalue weighted by Gasteiger charge is 2.41. The second kappa shape index (κ2) is 6.58. The van der Waals surface area contributed by atoms with Crippen molar-refractivity contribution in [1.82, 2.24) is 5.32 Å². The second-order valence-corrected chi connectivity index (χ2v) is 4.86. The zero-order valence-corrected chi connectivity index (χ0v) is 11.3. The van der Waals surface area contributed by atoms with E-state index in [2.05, 4.69) is 0 Å². The third-order valence-electron chi connectivity index (χ3n) is 1.86. The molecule has 0 aliphatic heterocycles. The second-order valence-electron chi connectivity index (χ2n) is 4.86. The van der Waals surface area contributed by atoms with Gasteiger partial charge in [-0.15, -0.1) is 0 Å². The normalized spacial score (nSPS) is 14.3. The Kier molecular flexibility index (Phi) is 6.05. The zero-order valence-electron chi connectivity index (χ0n) is 11.3. The molecule has 0 aromatic carbocycles. The molecule has 1 unspecified atom stereocenters. The van der Waals surface area contributed by atoms with E-state index >= 15 is 0 Å². The number of amides is 1. The van der Waals surface area contributed by atoms with Crippen molar-refractivity contribution in [3.63, 3.8) is 0 Å². The van der Waals surface area contributed by atoms with Gasteiger partial charge in [-0.3, -0.25) is 4.79 Å². The fraction of sp³-hybridized carbons (Fsp3) is 0.667. The van der Waals surface area contributed by atoms with Gasteiger partial charge in [-0.25, -0.2) is 4.79 Å². The maximum atomic E-state index is 12.2. The first-order valence-corrected chi connectivity index (χ1v) is 5.69. The van der Waals surface area contributed by atoms with E-state index in [1.165, 1.54) is 6.08 Å². The highest BCUT2D eigenvalue weighted by molar-refractivity contribution is 5.87. The van der Waals surface area contributed by atoms with E-state index in [0.717, 1.165) is 0 Å². The summed E-state index contributed by atoms with van der Waals surface area (Å²) in [6, 6.07) is -1.36. The molecule has 0 spiro atoms. The third-order valence-corrected chi connectivity index (χ3v) is 1.86. The van der Waals surface area contributed by atoms with Gasteiger partial charge in [0.2, 0.25) is 0 Å². The van der Waals surface area contributed by atoms with Crippen LogP contribution in [0.15, 0.2) is 12.2 Å². The molecule has 1 N–H and O–H groups in total. The summed E-state index contributed by atoms with van der Waals surface area (Å²) in [5, 5.41) is 1.62. The van der Waals surface area contributed by atoms with Crippen LogP contribution in [0.25, 0.3) is 0 Å². The fourth-order valence-electron chi connectivity index (χ4n) is 1.10. The molecule has 19 heavy (non-hydrogen) atoms. The van der Waals surface area contributed by atoms with Gasteiger partial charge in [0.15, 0.2) is 0 Å². The van der Waals surface area contributed by atoms with Gasteiger partial charge in [-0.1, -0.05) is 12.2 Å². The van der Waals surface area contributed by atoms with E-state index in [4.69, 9.17) is 4.74 Å². The Morgan fingerprint density at radius 2 is 1.79 bits per heavy atom. The molecule has 0 fully saturated rings. The molecule has 0 saturated carbocycles. The van der Waals surface area contributed by atoms with Crippen LogP contribution >= 0.6 is 0 Å². The molecule has 0 radical (unpaired) electrons. The first-order chi connectivity index (χ1) is 8.47. The highest BCUT2D eigenvalue weighted by Crippen LogP contribution is 2.16. The quantitative estimate of drug-likeness (QED) is 0.635. The van der Waals surface area contributed by atoms with Crippen molar-refractivity contribution >= 4 is 11.9 Å². The SMILES string of the molecule is C/C=C\CC(NC(=O)C(F)(F)F)C(=O)OC(C)(C)C. The summed E-state index contributed by atoms with van der Waals surface area (Å²) < 4.78 is 41.4. The van der Waals surface area contributed by atoms with Gasteiger partial charge in [0, 0.05) is 0 Å². The van der Waals surface area contributed by atoms with Crippen LogP contribution < -0.4 is 5.32 Å². The van der Waals surface area contributed by atoms with Crippen LogP contribution in [0.2, 0.25) is 0 Å². The van der Waals surface area contributed by atoms with Crippen molar-refractivity contribution in [2.75, 3.05) is 0 Å². The molecule has 1 amide bonds. The number of hydrogen-bond acceptors (Lipinski definition) is 3. The van der Waals surface area contributed by atoms with Gasteiger partial charge in [-0.2, -0.15) is 13.2 Å². The molecule has 0 saturated heterocycles. The molecule has 4 nitrogen and oxygen atoms in total. The van der Waals surface area contributed by atoms with Crippen molar-refractivity contribution in [2.24, 2.45) is 0 Å². The Hall–Kier alpha value is -1.53. The van der Waals surface area contributed by atoms with Gasteiger partial charge in [-0.05, 0) is 34.1 Å². The first-order valence-electron chi connectivity index (χ1n) is 5.69. The Balaban J connectivity index is 4.82. The number of carbonyl (C=O) groups is 2. The van der Waals surface area contributed by atoms with Crippen LogP contribution in [0, 0.1) is 0 Å². The minimum Gasteiger partial charge on any atom is -0.458 e. The molecule has 0 rings (SSSR count). The summed E-state index contributed by atoms with van der Waals surface area (Å²) in [6.07, 6.45) is -2.05. The van der Waals surface area contributed by atoms with Gasteiger partial charge >= 0.3 is 18.1 Å². The minimum absolute atomic E-state index is 0.0623. The molecule has 1 atom stereocenters. The number of nitrogens with one attached hydrogen (secondary N) is 1. The monoisotopic (exact) mass is 281 g/mol. The van der Waals surface area contributed by atoms with E-state index < -0.39 is 29.7 Å². The predicted octanol–water partition coefficient (Wildman–Crippen LogP) is 2.34. The number of rotatable bonds is 4. The largest absolute Gasteiger partial charge is 0.471 e. The van der Waals surface area contributed by atoms with E-state index in [9.17, 15) is 22.8 Å². The summed E-state index contributed by atoms with van der Waals surface area (Å²) >= 11 is 0. The average molecular weight is 281 g/mol. The van der Waals surface area contributed by atoms with Gasteiger partial charge in [0.1, 0.15) is 11.6 Å². The van der Waals surface area contributed by atoms with Gasteiger partial charge in [0.25, 0.3) is 0 Å². The highest BCUT2D eigenvalue weighted by atomic mass is 19.4. The number of alkyl halides is 3. The Bertz CT molecular complexity index is 356. The van der Waals surface area contributed by atoms with E-state index in [1.807, 2.05) is 0 Å². The number of allylic oxidation sites excluding steroid dienone is 1. The number of hydrogen-bond donors (Lipinski definition) is 1. The van der Waals surface area contributed by atoms with Crippen molar-refractivity contribution in [3.05, 3.63) is 12.2 Å². The molecule has 110 valence electrons. The van der Waals surface area contributed by atoms with Crippen molar-refractivity contribution in [1.29, 1.82) is 0 Å². The van der Waals surface area contributed by atoms with E-state index in [-0.39, 0.29) is 6.42 Å². The lowest BCUT2D eigenvalue weighted by Crippen LogP contribution is -2.48. The van der Waals surface area contributed by atoms with E-state index in [1.54, 1.807) is 39.1 Å². The van der Waals surface area contributed by atoms with Gasteiger partial charge in [0.05, 0.1) is 0 Å². The number of esters is 1. The summed E-state index contributed by atoms with van der Waals surface area (Å²) in [6.45, 7) is 6.41. The lowest BCUT2D eigenvalue weighted by Gasteiger charge is -2.24. The van der Waals surface area contributed by atoms with Crippen LogP contribution in [0.5, 0.6) is 0 Å². The maximum absolute atomic E-state index is 12.2. The third kappa shape index (κ3) is 7.48. The Morgan fingerprint density at radius 1 is 1.26 bits per heavy atom. The Labute approximate surface area is 110 Å². The summed E-state index contributed by atoms with van der Waals surface area (Å²) in [7, 11) is 0. The van der Waals surface area contributed by atoms with Gasteiger partial charge < -0.3 is 10.1 Å². The predicted molar refractivity (Wildman–Crippen MR) is 63.3 cm³/mol. The zero-order chi connectivity index (χ0) is 15.3.